The summed E-state index contributed by atoms with van der Waals surface area (Å²) in [5.41, 5.74) is 3.79. The van der Waals surface area contributed by atoms with Gasteiger partial charge in [-0.05, 0) is 25.0 Å². The van der Waals surface area contributed by atoms with E-state index < -0.39 is 10.0 Å². The second-order valence-electron chi connectivity index (χ2n) is 5.96. The molecule has 24 heavy (non-hydrogen) atoms. The average molecular weight is 346 g/mol. The van der Waals surface area contributed by atoms with E-state index in [1.807, 2.05) is 19.1 Å². The normalized spacial score (nSPS) is 15.7. The fourth-order valence-corrected chi connectivity index (χ4v) is 4.64. The van der Waals surface area contributed by atoms with E-state index in [1.54, 1.807) is 23.0 Å². The van der Waals surface area contributed by atoms with Gasteiger partial charge in [0.2, 0.25) is 10.0 Å². The molecule has 7 heteroatoms. The van der Waals surface area contributed by atoms with Crippen molar-refractivity contribution in [2.75, 3.05) is 18.8 Å². The molecule has 0 atom stereocenters. The van der Waals surface area contributed by atoms with Crippen LogP contribution in [0.4, 0.5) is 0 Å². The first-order chi connectivity index (χ1) is 11.6. The molecular weight excluding hydrogens is 324 g/mol. The third-order valence-electron chi connectivity index (χ3n) is 4.33. The molecule has 2 aromatic rings. The van der Waals surface area contributed by atoms with Gasteiger partial charge in [0, 0.05) is 48.7 Å². The molecule has 0 amide bonds. The second kappa shape index (κ2) is 7.36. The SMILES string of the molecule is CCCCS(=O)(=O)N1CCc2ncnc(-c3cccnc3)c2CC1. The standard InChI is InChI=1S/C17H22N4O2S/c1-2-3-11-24(22,23)21-9-6-15-16(7-10-21)19-13-20-17(15)14-5-4-8-18-12-14/h4-5,8,12-13H,2-3,6-7,9-11H2,1H3. The Labute approximate surface area is 143 Å². The number of nitrogens with zero attached hydrogens (tertiary/aromatic N) is 4. The second-order valence-corrected chi connectivity index (χ2v) is 8.05. The molecule has 0 spiro atoms. The van der Waals surface area contributed by atoms with Gasteiger partial charge in [-0.1, -0.05) is 13.3 Å². The maximum Gasteiger partial charge on any atom is 0.214 e. The first kappa shape index (κ1) is 17.0. The van der Waals surface area contributed by atoms with E-state index in [2.05, 4.69) is 15.0 Å². The molecule has 3 rings (SSSR count). The molecule has 0 aliphatic carbocycles. The minimum Gasteiger partial charge on any atom is -0.264 e. The van der Waals surface area contributed by atoms with Crippen molar-refractivity contribution in [3.8, 4) is 11.3 Å². The predicted octanol–water partition coefficient (Wildman–Crippen LogP) is 2.07. The molecule has 0 unspecified atom stereocenters. The Hall–Kier alpha value is -1.86. The van der Waals surface area contributed by atoms with Crippen LogP contribution in [0.5, 0.6) is 0 Å². The quantitative estimate of drug-likeness (QED) is 0.828. The Bertz CT molecular complexity index is 793. The fourth-order valence-electron chi connectivity index (χ4n) is 2.99. The van der Waals surface area contributed by atoms with Crippen molar-refractivity contribution in [2.45, 2.75) is 32.6 Å². The first-order valence-corrected chi connectivity index (χ1v) is 9.93. The van der Waals surface area contributed by atoms with Crippen LogP contribution in [-0.4, -0.2) is 46.5 Å². The van der Waals surface area contributed by atoms with Crippen molar-refractivity contribution < 1.29 is 8.42 Å². The van der Waals surface area contributed by atoms with Crippen LogP contribution >= 0.6 is 0 Å². The number of aromatic nitrogens is 3. The zero-order valence-corrected chi connectivity index (χ0v) is 14.7. The summed E-state index contributed by atoms with van der Waals surface area (Å²) in [5.74, 6) is 0.223. The van der Waals surface area contributed by atoms with Gasteiger partial charge in [0.25, 0.3) is 0 Å². The van der Waals surface area contributed by atoms with Crippen LogP contribution < -0.4 is 0 Å². The largest absolute Gasteiger partial charge is 0.264 e. The molecular formula is C17H22N4O2S. The Morgan fingerprint density at radius 2 is 2.04 bits per heavy atom. The van der Waals surface area contributed by atoms with Crippen LogP contribution in [0, 0.1) is 0 Å². The van der Waals surface area contributed by atoms with E-state index in [0.29, 0.717) is 32.4 Å². The van der Waals surface area contributed by atoms with Gasteiger partial charge in [0.1, 0.15) is 6.33 Å². The summed E-state index contributed by atoms with van der Waals surface area (Å²) >= 11 is 0. The van der Waals surface area contributed by atoms with Crippen LogP contribution in [-0.2, 0) is 22.9 Å². The summed E-state index contributed by atoms with van der Waals surface area (Å²) in [6.07, 6.45) is 7.90. The smallest absolute Gasteiger partial charge is 0.214 e. The van der Waals surface area contributed by atoms with Crippen LogP contribution in [0.1, 0.15) is 31.0 Å². The zero-order chi connectivity index (χ0) is 17.0. The van der Waals surface area contributed by atoms with Crippen molar-refractivity contribution in [1.82, 2.24) is 19.3 Å². The molecule has 128 valence electrons. The molecule has 0 fully saturated rings. The van der Waals surface area contributed by atoms with Gasteiger partial charge in [-0.3, -0.25) is 4.98 Å². The molecule has 3 heterocycles. The molecule has 0 saturated carbocycles. The molecule has 0 radical (unpaired) electrons. The highest BCUT2D eigenvalue weighted by molar-refractivity contribution is 7.89. The highest BCUT2D eigenvalue weighted by Crippen LogP contribution is 2.25. The van der Waals surface area contributed by atoms with Crippen molar-refractivity contribution >= 4 is 10.0 Å². The van der Waals surface area contributed by atoms with E-state index >= 15 is 0 Å². The lowest BCUT2D eigenvalue weighted by molar-refractivity contribution is 0.425. The van der Waals surface area contributed by atoms with Gasteiger partial charge in [0.15, 0.2) is 0 Å². The average Bonchev–Trinajstić information content (AvgIpc) is 2.84. The van der Waals surface area contributed by atoms with Gasteiger partial charge in [-0.2, -0.15) is 0 Å². The fraction of sp³-hybridized carbons (Fsp3) is 0.471. The van der Waals surface area contributed by atoms with Crippen molar-refractivity contribution in [3.05, 3.63) is 42.1 Å². The lowest BCUT2D eigenvalue weighted by Crippen LogP contribution is -2.35. The highest BCUT2D eigenvalue weighted by Gasteiger charge is 2.26. The van der Waals surface area contributed by atoms with Gasteiger partial charge >= 0.3 is 0 Å². The molecule has 0 bridgehead atoms. The first-order valence-electron chi connectivity index (χ1n) is 8.33. The van der Waals surface area contributed by atoms with Crippen LogP contribution in [0.15, 0.2) is 30.9 Å². The van der Waals surface area contributed by atoms with Crippen molar-refractivity contribution in [1.29, 1.82) is 0 Å². The molecule has 0 N–H and O–H groups in total. The number of fused-ring (bicyclic) bond motifs is 1. The maximum absolute atomic E-state index is 12.5. The van der Waals surface area contributed by atoms with E-state index in [4.69, 9.17) is 0 Å². The monoisotopic (exact) mass is 346 g/mol. The summed E-state index contributed by atoms with van der Waals surface area (Å²) in [4.78, 5) is 13.0. The molecule has 0 aromatic carbocycles. The number of hydrogen-bond acceptors (Lipinski definition) is 5. The van der Waals surface area contributed by atoms with E-state index in [-0.39, 0.29) is 5.75 Å². The third kappa shape index (κ3) is 3.62. The molecule has 1 aliphatic heterocycles. The topological polar surface area (TPSA) is 76.1 Å². The van der Waals surface area contributed by atoms with E-state index in [1.165, 1.54) is 0 Å². The Morgan fingerprint density at radius 1 is 1.21 bits per heavy atom. The minimum absolute atomic E-state index is 0.223. The Kier molecular flexibility index (Phi) is 5.20. The minimum atomic E-state index is -3.19. The third-order valence-corrected chi connectivity index (χ3v) is 6.28. The lowest BCUT2D eigenvalue weighted by Gasteiger charge is -2.19. The van der Waals surface area contributed by atoms with Crippen LogP contribution in [0.3, 0.4) is 0 Å². The molecule has 0 saturated heterocycles. The molecule has 1 aliphatic rings. The van der Waals surface area contributed by atoms with Crippen LogP contribution in [0.25, 0.3) is 11.3 Å². The van der Waals surface area contributed by atoms with Crippen molar-refractivity contribution in [2.24, 2.45) is 0 Å². The highest BCUT2D eigenvalue weighted by atomic mass is 32.2. The summed E-state index contributed by atoms with van der Waals surface area (Å²) in [7, 11) is -3.19. The summed E-state index contributed by atoms with van der Waals surface area (Å²) in [5, 5.41) is 0. The summed E-state index contributed by atoms with van der Waals surface area (Å²) < 4.78 is 26.6. The summed E-state index contributed by atoms with van der Waals surface area (Å²) in [6.45, 7) is 2.98. The predicted molar refractivity (Wildman–Crippen MR) is 92.9 cm³/mol. The number of pyridine rings is 1. The Balaban J connectivity index is 1.87. The van der Waals surface area contributed by atoms with Crippen molar-refractivity contribution in [3.63, 3.8) is 0 Å². The maximum atomic E-state index is 12.5. The number of sulfonamides is 1. The number of rotatable bonds is 5. The van der Waals surface area contributed by atoms with Crippen LogP contribution in [0.2, 0.25) is 0 Å². The van der Waals surface area contributed by atoms with Gasteiger partial charge in [-0.25, -0.2) is 22.7 Å². The molecule has 2 aromatic heterocycles. The molecule has 6 nitrogen and oxygen atoms in total. The zero-order valence-electron chi connectivity index (χ0n) is 13.9. The van der Waals surface area contributed by atoms with E-state index in [9.17, 15) is 8.42 Å². The summed E-state index contributed by atoms with van der Waals surface area (Å²) in [6, 6.07) is 3.85. The number of unbranched alkanes of at least 4 members (excludes halogenated alkanes) is 1. The lowest BCUT2D eigenvalue weighted by atomic mass is 10.0. The Morgan fingerprint density at radius 3 is 2.79 bits per heavy atom. The van der Waals surface area contributed by atoms with Gasteiger partial charge in [0.05, 0.1) is 11.4 Å². The van der Waals surface area contributed by atoms with E-state index in [0.717, 1.165) is 28.9 Å². The van der Waals surface area contributed by atoms with Gasteiger partial charge < -0.3 is 0 Å². The van der Waals surface area contributed by atoms with Gasteiger partial charge in [-0.15, -0.1) is 0 Å². The number of hydrogen-bond donors (Lipinski definition) is 0.